The van der Waals surface area contributed by atoms with E-state index in [-0.39, 0.29) is 22.4 Å². The molecule has 9 nitrogen and oxygen atoms in total. The summed E-state index contributed by atoms with van der Waals surface area (Å²) in [5.74, 6) is 6.49. The van der Waals surface area contributed by atoms with Crippen molar-refractivity contribution in [2.24, 2.45) is 25.9 Å². The van der Waals surface area contributed by atoms with Crippen molar-refractivity contribution in [3.05, 3.63) is 64.2 Å². The minimum absolute atomic E-state index is 0.0523. The van der Waals surface area contributed by atoms with E-state index in [2.05, 4.69) is 46.0 Å². The molecule has 2 saturated carbocycles. The van der Waals surface area contributed by atoms with Crippen LogP contribution in [0, 0.1) is 29.5 Å². The number of rotatable bonds is 5. The first kappa shape index (κ1) is 29.8. The molecule has 2 atom stereocenters. The van der Waals surface area contributed by atoms with Crippen LogP contribution in [-0.2, 0) is 24.4 Å². The molecule has 228 valence electrons. The molecule has 3 aliphatic rings. The summed E-state index contributed by atoms with van der Waals surface area (Å²) in [6.45, 7) is 7.38. The lowest BCUT2D eigenvalue weighted by Gasteiger charge is -2.37. The topological polar surface area (TPSA) is 97.4 Å². The highest BCUT2D eigenvalue weighted by atomic mass is 35.5. The number of imidazole rings is 1. The number of carbonyl (C=O) groups is 1. The van der Waals surface area contributed by atoms with Gasteiger partial charge in [-0.1, -0.05) is 17.5 Å². The minimum atomic E-state index is -0.978. The van der Waals surface area contributed by atoms with Gasteiger partial charge in [-0.15, -0.1) is 0 Å². The van der Waals surface area contributed by atoms with Gasteiger partial charge in [0, 0.05) is 38.8 Å². The smallest absolute Gasteiger partial charge is 0.274 e. The molecule has 3 heterocycles. The third-order valence-electron chi connectivity index (χ3n) is 9.44. The van der Waals surface area contributed by atoms with E-state index in [1.165, 1.54) is 18.2 Å². The highest BCUT2D eigenvalue weighted by Crippen LogP contribution is 2.56. The van der Waals surface area contributed by atoms with Crippen molar-refractivity contribution in [3.8, 4) is 11.8 Å². The van der Waals surface area contributed by atoms with Crippen LogP contribution in [0.2, 0.25) is 5.02 Å². The third kappa shape index (κ3) is 5.84. The maximum atomic E-state index is 13.6. The molecule has 43 heavy (non-hydrogen) atoms. The van der Waals surface area contributed by atoms with Crippen LogP contribution < -0.4 is 5.32 Å². The van der Waals surface area contributed by atoms with Crippen LogP contribution in [0.1, 0.15) is 73.0 Å². The predicted molar refractivity (Wildman–Crippen MR) is 161 cm³/mol. The summed E-state index contributed by atoms with van der Waals surface area (Å²) in [6.07, 6.45) is 4.59. The number of nitrogens with one attached hydrogen (secondary N) is 1. The van der Waals surface area contributed by atoms with Crippen molar-refractivity contribution < 1.29 is 19.0 Å². The number of ether oxygens (including phenoxy) is 1. The van der Waals surface area contributed by atoms with Gasteiger partial charge in [0.25, 0.3) is 5.91 Å². The number of carbonyl (C=O) groups excluding carboxylic acids is 1. The maximum Gasteiger partial charge on any atom is 0.274 e. The van der Waals surface area contributed by atoms with Crippen molar-refractivity contribution in [1.29, 1.82) is 0 Å². The SMILES string of the molecule is Cn1cnc(C2CC3CC(O)(c4cc(C#CC(C)(C)N5CCOCC5)nn4C)CC3C2)c1C(=O)Nc1ccc(F)c(Cl)c1. The van der Waals surface area contributed by atoms with Gasteiger partial charge in [-0.3, -0.25) is 14.4 Å². The predicted octanol–water partition coefficient (Wildman–Crippen LogP) is 4.45. The van der Waals surface area contributed by atoms with E-state index in [1.54, 1.807) is 22.6 Å². The Morgan fingerprint density at radius 1 is 1.19 bits per heavy atom. The second-order valence-corrected chi connectivity index (χ2v) is 13.2. The lowest BCUT2D eigenvalue weighted by Crippen LogP contribution is -2.49. The first-order chi connectivity index (χ1) is 20.4. The fourth-order valence-electron chi connectivity index (χ4n) is 7.27. The van der Waals surface area contributed by atoms with E-state index in [0.717, 1.165) is 50.5 Å². The summed E-state index contributed by atoms with van der Waals surface area (Å²) in [7, 11) is 3.66. The molecule has 1 aliphatic heterocycles. The van der Waals surface area contributed by atoms with Crippen molar-refractivity contribution in [1.82, 2.24) is 24.2 Å². The number of aliphatic hydroxyl groups is 1. The van der Waals surface area contributed by atoms with Crippen LogP contribution in [0.25, 0.3) is 0 Å². The number of morpholine rings is 1. The molecule has 11 heteroatoms. The number of hydrogen-bond donors (Lipinski definition) is 2. The first-order valence-electron chi connectivity index (χ1n) is 14.8. The van der Waals surface area contributed by atoms with Crippen molar-refractivity contribution in [3.63, 3.8) is 0 Å². The van der Waals surface area contributed by atoms with Gasteiger partial charge < -0.3 is 19.7 Å². The lowest BCUT2D eigenvalue weighted by atomic mass is 9.90. The van der Waals surface area contributed by atoms with E-state index in [9.17, 15) is 14.3 Å². The number of aromatic nitrogens is 4. The standard InChI is InChI=1S/C32H38ClFN6O3/c1-31(2,40-9-11-43-12-10-40)8-7-24-16-27(39(4)37-24)32(42)17-21-13-20(14-22(21)18-32)28-29(38(3)19-35-28)30(41)36-23-5-6-26(34)25(33)15-23/h5-6,15-16,19-22,42H,9-14,17-18H2,1-4H3,(H,36,41). The Bertz CT molecular complexity index is 1580. The lowest BCUT2D eigenvalue weighted by molar-refractivity contribution is 0.00739. The van der Waals surface area contributed by atoms with Gasteiger partial charge in [-0.25, -0.2) is 9.37 Å². The molecule has 2 N–H and O–H groups in total. The van der Waals surface area contributed by atoms with Gasteiger partial charge in [0.15, 0.2) is 0 Å². The number of amides is 1. The number of fused-ring (bicyclic) bond motifs is 1. The molecule has 2 aliphatic carbocycles. The van der Waals surface area contributed by atoms with E-state index < -0.39 is 11.4 Å². The average Bonchev–Trinajstić information content (AvgIpc) is 3.72. The molecule has 0 radical (unpaired) electrons. The summed E-state index contributed by atoms with van der Waals surface area (Å²) < 4.78 is 22.6. The van der Waals surface area contributed by atoms with Gasteiger partial charge >= 0.3 is 0 Å². The number of nitrogens with zero attached hydrogens (tertiary/aromatic N) is 5. The molecular weight excluding hydrogens is 571 g/mol. The Hall–Kier alpha value is -3.23. The van der Waals surface area contributed by atoms with Crippen molar-refractivity contribution >= 4 is 23.2 Å². The fourth-order valence-corrected chi connectivity index (χ4v) is 7.45. The molecule has 1 saturated heterocycles. The summed E-state index contributed by atoms with van der Waals surface area (Å²) >= 11 is 5.90. The maximum absolute atomic E-state index is 13.6. The number of hydrogen-bond acceptors (Lipinski definition) is 6. The number of benzene rings is 1. The van der Waals surface area contributed by atoms with E-state index >= 15 is 0 Å². The monoisotopic (exact) mass is 608 g/mol. The molecule has 1 aromatic carbocycles. The molecule has 1 amide bonds. The molecule has 0 bridgehead atoms. The van der Waals surface area contributed by atoms with E-state index in [0.29, 0.717) is 41.8 Å². The van der Waals surface area contributed by atoms with Crippen LogP contribution in [0.4, 0.5) is 10.1 Å². The van der Waals surface area contributed by atoms with Gasteiger partial charge in [-0.05, 0) is 81.6 Å². The van der Waals surface area contributed by atoms with Gasteiger partial charge in [-0.2, -0.15) is 5.10 Å². The molecule has 0 spiro atoms. The molecule has 2 unspecified atom stereocenters. The van der Waals surface area contributed by atoms with Gasteiger partial charge in [0.05, 0.1) is 41.5 Å². The van der Waals surface area contributed by atoms with E-state index in [4.69, 9.17) is 16.3 Å². The fraction of sp³-hybridized carbons (Fsp3) is 0.531. The van der Waals surface area contributed by atoms with Gasteiger partial charge in [0.2, 0.25) is 0 Å². The zero-order valence-corrected chi connectivity index (χ0v) is 25.8. The Labute approximate surface area is 256 Å². The van der Waals surface area contributed by atoms with Crippen molar-refractivity contribution in [2.75, 3.05) is 31.6 Å². The zero-order valence-electron chi connectivity index (χ0n) is 25.0. The quantitative estimate of drug-likeness (QED) is 0.416. The third-order valence-corrected chi connectivity index (χ3v) is 9.73. The zero-order chi connectivity index (χ0) is 30.5. The number of halogens is 2. The number of anilines is 1. The normalized spacial score (nSPS) is 25.8. The Morgan fingerprint density at radius 3 is 2.56 bits per heavy atom. The highest BCUT2D eigenvalue weighted by molar-refractivity contribution is 6.31. The largest absolute Gasteiger partial charge is 0.384 e. The Balaban J connectivity index is 1.14. The second kappa shape index (κ2) is 11.4. The van der Waals surface area contributed by atoms with Crippen LogP contribution in [0.3, 0.4) is 0 Å². The van der Waals surface area contributed by atoms with Crippen LogP contribution in [-0.4, -0.2) is 67.1 Å². The number of aryl methyl sites for hydroxylation is 2. The molecule has 3 fully saturated rings. The molecular formula is C32H38ClFN6O3. The van der Waals surface area contributed by atoms with Crippen LogP contribution in [0.5, 0.6) is 0 Å². The van der Waals surface area contributed by atoms with E-state index in [1.807, 2.05) is 13.1 Å². The highest BCUT2D eigenvalue weighted by Gasteiger charge is 2.51. The summed E-state index contributed by atoms with van der Waals surface area (Å²) in [5, 5.41) is 19.3. The first-order valence-corrected chi connectivity index (χ1v) is 15.2. The average molecular weight is 609 g/mol. The Morgan fingerprint density at radius 2 is 1.88 bits per heavy atom. The summed E-state index contributed by atoms with van der Waals surface area (Å²) in [5.41, 5.74) is 1.83. The summed E-state index contributed by atoms with van der Waals surface area (Å²) in [6, 6.07) is 6.04. The minimum Gasteiger partial charge on any atom is -0.384 e. The molecule has 2 aromatic heterocycles. The van der Waals surface area contributed by atoms with Crippen LogP contribution in [0.15, 0.2) is 30.6 Å². The molecule has 6 rings (SSSR count). The van der Waals surface area contributed by atoms with Crippen molar-refractivity contribution in [2.45, 2.75) is 56.6 Å². The summed E-state index contributed by atoms with van der Waals surface area (Å²) in [4.78, 5) is 20.2. The Kier molecular flexibility index (Phi) is 7.88. The van der Waals surface area contributed by atoms with Crippen LogP contribution >= 0.6 is 11.6 Å². The van der Waals surface area contributed by atoms with Gasteiger partial charge in [0.1, 0.15) is 22.8 Å². The second-order valence-electron chi connectivity index (χ2n) is 12.7. The molecule has 3 aromatic rings.